The van der Waals surface area contributed by atoms with Gasteiger partial charge in [0.2, 0.25) is 0 Å². The number of nitrogens with zero attached hydrogens (tertiary/aromatic N) is 1. The SMILES string of the molecule is N#CCCCS(=O)(=O)c1ccccc1F. The lowest BCUT2D eigenvalue weighted by atomic mass is 10.3. The Bertz CT molecular complexity index is 476. The molecule has 0 heterocycles. The van der Waals surface area contributed by atoms with Gasteiger partial charge in [-0.1, -0.05) is 12.1 Å². The second-order valence-electron chi connectivity index (χ2n) is 3.01. The van der Waals surface area contributed by atoms with E-state index in [1.807, 2.05) is 6.07 Å². The van der Waals surface area contributed by atoms with Crippen LogP contribution in [0.2, 0.25) is 0 Å². The zero-order valence-electron chi connectivity index (χ0n) is 7.98. The molecule has 0 aliphatic carbocycles. The minimum absolute atomic E-state index is 0.160. The van der Waals surface area contributed by atoms with E-state index in [4.69, 9.17) is 5.26 Å². The van der Waals surface area contributed by atoms with Crippen molar-refractivity contribution in [2.75, 3.05) is 5.75 Å². The fourth-order valence-corrected chi connectivity index (χ4v) is 2.54. The Morgan fingerprint density at radius 1 is 1.33 bits per heavy atom. The number of halogens is 1. The maximum absolute atomic E-state index is 13.2. The van der Waals surface area contributed by atoms with Gasteiger partial charge in [0.25, 0.3) is 0 Å². The van der Waals surface area contributed by atoms with Gasteiger partial charge in [-0.05, 0) is 18.6 Å². The first-order valence-electron chi connectivity index (χ1n) is 4.42. The Kier molecular flexibility index (Phi) is 3.81. The van der Waals surface area contributed by atoms with E-state index in [1.54, 1.807) is 0 Å². The van der Waals surface area contributed by atoms with Crippen LogP contribution in [0.15, 0.2) is 29.2 Å². The highest BCUT2D eigenvalue weighted by Gasteiger charge is 2.17. The third-order valence-electron chi connectivity index (χ3n) is 1.87. The molecule has 0 aromatic heterocycles. The van der Waals surface area contributed by atoms with Gasteiger partial charge in [-0.2, -0.15) is 5.26 Å². The fourth-order valence-electron chi connectivity index (χ4n) is 1.15. The second-order valence-corrected chi connectivity index (χ2v) is 5.09. The van der Waals surface area contributed by atoms with Crippen molar-refractivity contribution >= 4 is 9.84 Å². The van der Waals surface area contributed by atoms with Crippen LogP contribution >= 0.6 is 0 Å². The molecule has 1 aromatic rings. The number of benzene rings is 1. The van der Waals surface area contributed by atoms with Crippen molar-refractivity contribution < 1.29 is 12.8 Å². The molecule has 15 heavy (non-hydrogen) atoms. The fraction of sp³-hybridized carbons (Fsp3) is 0.300. The van der Waals surface area contributed by atoms with Crippen LogP contribution in [-0.4, -0.2) is 14.2 Å². The van der Waals surface area contributed by atoms with Crippen LogP contribution in [0.4, 0.5) is 4.39 Å². The van der Waals surface area contributed by atoms with Gasteiger partial charge in [0.15, 0.2) is 9.84 Å². The summed E-state index contributed by atoms with van der Waals surface area (Å²) in [5.41, 5.74) is 0. The lowest BCUT2D eigenvalue weighted by Gasteiger charge is -2.03. The van der Waals surface area contributed by atoms with Gasteiger partial charge in [0.05, 0.1) is 11.8 Å². The van der Waals surface area contributed by atoms with E-state index in [0.29, 0.717) is 0 Å². The molecule has 0 saturated heterocycles. The third-order valence-corrected chi connectivity index (χ3v) is 3.70. The topological polar surface area (TPSA) is 57.9 Å². The summed E-state index contributed by atoms with van der Waals surface area (Å²) >= 11 is 0. The number of hydrogen-bond acceptors (Lipinski definition) is 3. The van der Waals surface area contributed by atoms with E-state index >= 15 is 0 Å². The Hall–Kier alpha value is -1.41. The highest BCUT2D eigenvalue weighted by molar-refractivity contribution is 7.91. The Balaban J connectivity index is 2.88. The van der Waals surface area contributed by atoms with E-state index in [-0.39, 0.29) is 23.5 Å². The molecule has 1 aromatic carbocycles. The Labute approximate surface area is 88.1 Å². The van der Waals surface area contributed by atoms with E-state index in [9.17, 15) is 12.8 Å². The molecule has 0 bridgehead atoms. The summed E-state index contributed by atoms with van der Waals surface area (Å²) in [6.45, 7) is 0. The normalized spacial score (nSPS) is 10.9. The van der Waals surface area contributed by atoms with Gasteiger partial charge in [-0.3, -0.25) is 0 Å². The number of hydrogen-bond donors (Lipinski definition) is 0. The molecule has 80 valence electrons. The van der Waals surface area contributed by atoms with E-state index in [0.717, 1.165) is 6.07 Å². The van der Waals surface area contributed by atoms with Crippen molar-refractivity contribution in [2.45, 2.75) is 17.7 Å². The molecule has 0 atom stereocenters. The highest BCUT2D eigenvalue weighted by Crippen LogP contribution is 2.16. The van der Waals surface area contributed by atoms with Crippen LogP contribution in [0, 0.1) is 17.1 Å². The molecule has 0 N–H and O–H groups in total. The Morgan fingerprint density at radius 3 is 2.60 bits per heavy atom. The molecule has 1 rings (SSSR count). The van der Waals surface area contributed by atoms with Crippen molar-refractivity contribution in [1.82, 2.24) is 0 Å². The van der Waals surface area contributed by atoms with Crippen molar-refractivity contribution in [1.29, 1.82) is 5.26 Å². The van der Waals surface area contributed by atoms with Gasteiger partial charge < -0.3 is 0 Å². The minimum atomic E-state index is -3.59. The first kappa shape index (κ1) is 11.7. The quantitative estimate of drug-likeness (QED) is 0.738. The van der Waals surface area contributed by atoms with E-state index in [1.165, 1.54) is 18.2 Å². The van der Waals surface area contributed by atoms with Crippen LogP contribution in [0.1, 0.15) is 12.8 Å². The van der Waals surface area contributed by atoms with Crippen LogP contribution < -0.4 is 0 Å². The summed E-state index contributed by atoms with van der Waals surface area (Å²) in [5.74, 6) is -0.934. The first-order valence-corrected chi connectivity index (χ1v) is 6.07. The van der Waals surface area contributed by atoms with Gasteiger partial charge in [0.1, 0.15) is 10.7 Å². The second kappa shape index (κ2) is 4.89. The molecular weight excluding hydrogens is 217 g/mol. The number of rotatable bonds is 4. The summed E-state index contributed by atoms with van der Waals surface area (Å²) in [6.07, 6.45) is 0.390. The number of unbranched alkanes of at least 4 members (excludes halogenated alkanes) is 1. The lowest BCUT2D eigenvalue weighted by Crippen LogP contribution is -2.08. The first-order chi connectivity index (χ1) is 7.08. The molecule has 0 aliphatic heterocycles. The standard InChI is InChI=1S/C10H10FNO2S/c11-9-5-1-2-6-10(9)15(13,14)8-4-3-7-12/h1-2,5-6H,3-4,8H2. The number of nitriles is 1. The summed E-state index contributed by atoms with van der Waals surface area (Å²) in [7, 11) is -3.59. The molecule has 0 radical (unpaired) electrons. The van der Waals surface area contributed by atoms with Gasteiger partial charge >= 0.3 is 0 Å². The summed E-state index contributed by atoms with van der Waals surface area (Å²) in [4.78, 5) is -0.289. The highest BCUT2D eigenvalue weighted by atomic mass is 32.2. The van der Waals surface area contributed by atoms with Gasteiger partial charge in [0, 0.05) is 6.42 Å². The van der Waals surface area contributed by atoms with Crippen molar-refractivity contribution in [3.8, 4) is 6.07 Å². The molecule has 0 fully saturated rings. The van der Waals surface area contributed by atoms with Crippen LogP contribution in [0.5, 0.6) is 0 Å². The maximum atomic E-state index is 13.2. The molecular formula is C10H10FNO2S. The molecule has 0 saturated carbocycles. The van der Waals surface area contributed by atoms with Crippen molar-refractivity contribution in [3.63, 3.8) is 0 Å². The zero-order valence-corrected chi connectivity index (χ0v) is 8.80. The molecule has 3 nitrogen and oxygen atoms in total. The number of sulfone groups is 1. The average molecular weight is 227 g/mol. The molecule has 0 amide bonds. The maximum Gasteiger partial charge on any atom is 0.181 e. The van der Waals surface area contributed by atoms with E-state index < -0.39 is 15.7 Å². The van der Waals surface area contributed by atoms with Crippen molar-refractivity contribution in [3.05, 3.63) is 30.1 Å². The average Bonchev–Trinajstić information content (AvgIpc) is 2.18. The predicted molar refractivity (Wildman–Crippen MR) is 53.3 cm³/mol. The van der Waals surface area contributed by atoms with Gasteiger partial charge in [-0.25, -0.2) is 12.8 Å². The monoisotopic (exact) mass is 227 g/mol. The van der Waals surface area contributed by atoms with Crippen LogP contribution in [0.25, 0.3) is 0 Å². The molecule has 0 unspecified atom stereocenters. The molecule has 0 aliphatic rings. The van der Waals surface area contributed by atoms with Crippen LogP contribution in [0.3, 0.4) is 0 Å². The van der Waals surface area contributed by atoms with Crippen molar-refractivity contribution in [2.24, 2.45) is 0 Å². The van der Waals surface area contributed by atoms with Crippen LogP contribution in [-0.2, 0) is 9.84 Å². The lowest BCUT2D eigenvalue weighted by molar-refractivity contribution is 0.565. The summed E-state index contributed by atoms with van der Waals surface area (Å²) in [5, 5.41) is 8.27. The third kappa shape index (κ3) is 3.03. The zero-order chi connectivity index (χ0) is 11.3. The minimum Gasteiger partial charge on any atom is -0.224 e. The predicted octanol–water partition coefficient (Wildman–Crippen LogP) is 1.90. The van der Waals surface area contributed by atoms with Gasteiger partial charge in [-0.15, -0.1) is 0 Å². The largest absolute Gasteiger partial charge is 0.224 e. The molecule has 0 spiro atoms. The molecule has 5 heteroatoms. The Morgan fingerprint density at radius 2 is 2.00 bits per heavy atom. The summed E-state index contributed by atoms with van der Waals surface area (Å²) in [6, 6.07) is 7.10. The summed E-state index contributed by atoms with van der Waals surface area (Å²) < 4.78 is 36.3. The smallest absolute Gasteiger partial charge is 0.181 e. The van der Waals surface area contributed by atoms with E-state index in [2.05, 4.69) is 0 Å².